The third-order valence-electron chi connectivity index (χ3n) is 6.85. The number of fused-ring (bicyclic) bond motifs is 2. The maximum absolute atomic E-state index is 14.5. The number of aliphatic hydroxyl groups excluding tert-OH is 1. The fourth-order valence-electron chi connectivity index (χ4n) is 4.68. The molecule has 1 aliphatic heterocycles. The minimum atomic E-state index is -0.924. The number of halogens is 1. The normalized spacial score (nSPS) is 20.3. The first-order valence-corrected chi connectivity index (χ1v) is 13.8. The van der Waals surface area contributed by atoms with E-state index in [4.69, 9.17) is 9.47 Å². The van der Waals surface area contributed by atoms with E-state index < -0.39 is 18.0 Å². The first kappa shape index (κ1) is 30.5. The predicted octanol–water partition coefficient (Wildman–Crippen LogP) is 2.90. The Kier molecular flexibility index (Phi) is 12.7. The molecule has 1 aliphatic rings. The second-order valence-corrected chi connectivity index (χ2v) is 10.2. The average Bonchev–Trinajstić information content (AvgIpc) is 2.90. The highest BCUT2D eigenvalue weighted by atomic mass is 19.1. The molecular weight excluding hydrogens is 501 g/mol. The van der Waals surface area contributed by atoms with Crippen LogP contribution in [0, 0.1) is 11.7 Å². The lowest BCUT2D eigenvalue weighted by molar-refractivity contribution is -0.123. The van der Waals surface area contributed by atoms with Crippen LogP contribution in [0.2, 0.25) is 0 Å². The molecule has 4 N–H and O–H groups in total. The van der Waals surface area contributed by atoms with Gasteiger partial charge in [-0.15, -0.1) is 0 Å². The molecule has 2 amide bonds. The molecule has 0 radical (unpaired) electrons. The summed E-state index contributed by atoms with van der Waals surface area (Å²) >= 11 is 0. The van der Waals surface area contributed by atoms with Crippen molar-refractivity contribution in [3.05, 3.63) is 65.0 Å². The minimum absolute atomic E-state index is 0.0135. The molecule has 0 fully saturated rings. The van der Waals surface area contributed by atoms with E-state index in [1.165, 1.54) is 17.7 Å². The van der Waals surface area contributed by atoms with E-state index in [0.29, 0.717) is 50.5 Å². The molecule has 3 rings (SSSR count). The van der Waals surface area contributed by atoms with Crippen molar-refractivity contribution in [3.63, 3.8) is 0 Å². The maximum atomic E-state index is 14.5. The number of hydrogen-bond acceptors (Lipinski definition) is 6. The van der Waals surface area contributed by atoms with Crippen molar-refractivity contribution in [2.24, 2.45) is 5.92 Å². The number of carbonyl (C=O) groups excluding carboxylic acids is 2. The third kappa shape index (κ3) is 10.9. The van der Waals surface area contributed by atoms with Gasteiger partial charge in [-0.2, -0.15) is 0 Å². The van der Waals surface area contributed by atoms with Gasteiger partial charge in [0.1, 0.15) is 11.6 Å². The molecule has 0 aliphatic carbocycles. The molecule has 8 nitrogen and oxygen atoms in total. The molecule has 214 valence electrons. The average molecular weight is 544 g/mol. The smallest absolute Gasteiger partial charge is 0.220 e. The Labute approximate surface area is 230 Å². The number of nitrogens with one attached hydrogen (secondary N) is 3. The number of aliphatic hydroxyl groups is 1. The van der Waals surface area contributed by atoms with Crippen LogP contribution >= 0.6 is 0 Å². The monoisotopic (exact) mass is 543 g/mol. The Balaban J connectivity index is 1.73. The van der Waals surface area contributed by atoms with Gasteiger partial charge in [-0.05, 0) is 54.5 Å². The van der Waals surface area contributed by atoms with Crippen molar-refractivity contribution in [2.45, 2.75) is 64.1 Å². The quantitative estimate of drug-likeness (QED) is 0.408. The van der Waals surface area contributed by atoms with Gasteiger partial charge in [-0.1, -0.05) is 31.2 Å². The van der Waals surface area contributed by atoms with Gasteiger partial charge in [0.2, 0.25) is 11.8 Å². The van der Waals surface area contributed by atoms with Gasteiger partial charge in [0.15, 0.2) is 0 Å². The summed E-state index contributed by atoms with van der Waals surface area (Å²) in [5.74, 6) is -0.456. The Morgan fingerprint density at radius 1 is 1.15 bits per heavy atom. The predicted molar refractivity (Wildman–Crippen MR) is 148 cm³/mol. The summed E-state index contributed by atoms with van der Waals surface area (Å²) in [6.07, 6.45) is 1.66. The second kappa shape index (κ2) is 16.2. The summed E-state index contributed by atoms with van der Waals surface area (Å²) in [7, 11) is 1.61. The topological polar surface area (TPSA) is 109 Å². The van der Waals surface area contributed by atoms with Crippen molar-refractivity contribution in [1.29, 1.82) is 0 Å². The van der Waals surface area contributed by atoms with Crippen LogP contribution in [0.5, 0.6) is 5.75 Å². The van der Waals surface area contributed by atoms with Crippen LogP contribution in [-0.4, -0.2) is 62.5 Å². The number of methoxy groups -OCH3 is 1. The van der Waals surface area contributed by atoms with Crippen LogP contribution < -0.4 is 20.7 Å². The van der Waals surface area contributed by atoms with Gasteiger partial charge in [0.25, 0.3) is 0 Å². The van der Waals surface area contributed by atoms with E-state index in [9.17, 15) is 19.1 Å². The molecule has 1 unspecified atom stereocenters. The first-order valence-electron chi connectivity index (χ1n) is 13.8. The molecule has 39 heavy (non-hydrogen) atoms. The van der Waals surface area contributed by atoms with Crippen LogP contribution in [0.1, 0.15) is 49.3 Å². The van der Waals surface area contributed by atoms with E-state index >= 15 is 0 Å². The van der Waals surface area contributed by atoms with Crippen LogP contribution in [0.15, 0.2) is 42.5 Å². The molecule has 0 spiro atoms. The Hall–Kier alpha value is -3.01. The van der Waals surface area contributed by atoms with Crippen LogP contribution in [0.4, 0.5) is 4.39 Å². The van der Waals surface area contributed by atoms with E-state index in [1.807, 2.05) is 12.1 Å². The standard InChI is InChI=1S/C30H42FN3O5/c1-3-21-6-4-7-22(12-21)17-32-18-28(35)27-15-24-13-25(31)16-26(14-24)39-20-23(19-38-2)10-11-33-29(36)8-5-9-30(37)34-27/h4,6-7,12-14,16,23,27-28,32,35H,3,5,8-11,15,17-20H2,1-2H3,(H,33,36)(H,34,37)/t23?,27-,28+/m0/s1. The van der Waals surface area contributed by atoms with Crippen molar-refractivity contribution in [1.82, 2.24) is 16.0 Å². The Morgan fingerprint density at radius 2 is 1.95 bits per heavy atom. The summed E-state index contributed by atoms with van der Waals surface area (Å²) in [6, 6.07) is 12.0. The SMILES string of the molecule is CCc1cccc(CNC[C@@H](O)[C@@H]2Cc3cc(F)cc(c3)OCC(COC)CCNC(=O)CCCC(=O)N2)c1. The molecule has 1 heterocycles. The molecule has 2 aromatic rings. The number of hydrogen-bond donors (Lipinski definition) is 4. The maximum Gasteiger partial charge on any atom is 0.220 e. The molecule has 0 saturated carbocycles. The zero-order valence-corrected chi connectivity index (χ0v) is 23.0. The largest absolute Gasteiger partial charge is 0.493 e. The third-order valence-corrected chi connectivity index (χ3v) is 6.85. The zero-order chi connectivity index (χ0) is 28.0. The summed E-state index contributed by atoms with van der Waals surface area (Å²) in [4.78, 5) is 25.0. The van der Waals surface area contributed by atoms with E-state index in [-0.39, 0.29) is 43.5 Å². The zero-order valence-electron chi connectivity index (χ0n) is 23.0. The van der Waals surface area contributed by atoms with Crippen LogP contribution in [0.3, 0.4) is 0 Å². The second-order valence-electron chi connectivity index (χ2n) is 10.2. The number of benzene rings is 2. The van der Waals surface area contributed by atoms with Crippen LogP contribution in [0.25, 0.3) is 0 Å². The van der Waals surface area contributed by atoms with Gasteiger partial charge in [0.05, 0.1) is 25.4 Å². The molecule has 2 bridgehead atoms. The fourth-order valence-corrected chi connectivity index (χ4v) is 4.68. The molecule has 0 saturated heterocycles. The fraction of sp³-hybridized carbons (Fsp3) is 0.533. The Morgan fingerprint density at radius 3 is 2.74 bits per heavy atom. The molecule has 0 aromatic heterocycles. The lowest BCUT2D eigenvalue weighted by Gasteiger charge is -2.25. The number of ether oxygens (including phenoxy) is 2. The number of carbonyl (C=O) groups is 2. The minimum Gasteiger partial charge on any atom is -0.493 e. The summed E-state index contributed by atoms with van der Waals surface area (Å²) in [5, 5.41) is 20.1. The van der Waals surface area contributed by atoms with Crippen molar-refractivity contribution >= 4 is 11.8 Å². The first-order chi connectivity index (χ1) is 18.9. The molecule has 2 aromatic carbocycles. The highest BCUT2D eigenvalue weighted by molar-refractivity contribution is 5.79. The summed E-state index contributed by atoms with van der Waals surface area (Å²) in [6.45, 7) is 4.12. The van der Waals surface area contributed by atoms with E-state index in [1.54, 1.807) is 13.2 Å². The van der Waals surface area contributed by atoms with Gasteiger partial charge in [-0.25, -0.2) is 4.39 Å². The van der Waals surface area contributed by atoms with Crippen LogP contribution in [-0.2, 0) is 33.7 Å². The lowest BCUT2D eigenvalue weighted by Crippen LogP contribution is -2.48. The molecular formula is C30H42FN3O5. The van der Waals surface area contributed by atoms with Crippen molar-refractivity contribution in [2.75, 3.05) is 33.4 Å². The number of rotatable bonds is 8. The summed E-state index contributed by atoms with van der Waals surface area (Å²) in [5.41, 5.74) is 2.95. The molecule has 3 atom stereocenters. The highest BCUT2D eigenvalue weighted by Gasteiger charge is 2.23. The van der Waals surface area contributed by atoms with Crippen molar-refractivity contribution in [3.8, 4) is 5.75 Å². The van der Waals surface area contributed by atoms with Gasteiger partial charge in [-0.3, -0.25) is 9.59 Å². The van der Waals surface area contributed by atoms with Crippen molar-refractivity contribution < 1.29 is 28.6 Å². The molecule has 9 heteroatoms. The number of aryl methyl sites for hydroxylation is 1. The van der Waals surface area contributed by atoms with Gasteiger partial charge in [0, 0.05) is 51.6 Å². The highest BCUT2D eigenvalue weighted by Crippen LogP contribution is 2.20. The lowest BCUT2D eigenvalue weighted by atomic mass is 10.00. The van der Waals surface area contributed by atoms with E-state index in [2.05, 4.69) is 35.0 Å². The summed E-state index contributed by atoms with van der Waals surface area (Å²) < 4.78 is 25.7. The van der Waals surface area contributed by atoms with E-state index in [0.717, 1.165) is 12.0 Å². The van der Waals surface area contributed by atoms with Gasteiger partial charge < -0.3 is 30.5 Å². The number of amides is 2. The van der Waals surface area contributed by atoms with Gasteiger partial charge >= 0.3 is 0 Å². The Bertz CT molecular complexity index is 1070.